The number of nitrogens with one attached hydrogen (secondary N) is 1. The van der Waals surface area contributed by atoms with Crippen LogP contribution in [-0.4, -0.2) is 17.2 Å². The summed E-state index contributed by atoms with van der Waals surface area (Å²) in [7, 11) is 1.59. The van der Waals surface area contributed by atoms with Crippen molar-refractivity contribution in [2.45, 2.75) is 12.1 Å². The molecule has 1 fully saturated rings. The number of anilines is 1. The van der Waals surface area contributed by atoms with E-state index in [0.717, 1.165) is 17.1 Å². The van der Waals surface area contributed by atoms with E-state index in [0.29, 0.717) is 15.9 Å². The van der Waals surface area contributed by atoms with Crippen molar-refractivity contribution in [3.63, 3.8) is 0 Å². The summed E-state index contributed by atoms with van der Waals surface area (Å²) in [6.45, 7) is 0. The molecule has 0 bridgehead atoms. The summed E-state index contributed by atoms with van der Waals surface area (Å²) < 4.78 is 11.0. The van der Waals surface area contributed by atoms with Crippen molar-refractivity contribution in [3.05, 3.63) is 77.5 Å². The van der Waals surface area contributed by atoms with Gasteiger partial charge in [0.1, 0.15) is 17.6 Å². The molecule has 0 unspecified atom stereocenters. The van der Waals surface area contributed by atoms with Gasteiger partial charge < -0.3 is 19.4 Å². The number of methoxy groups -OCH3 is 1. The number of ether oxygens (including phenoxy) is 1. The van der Waals surface area contributed by atoms with E-state index in [4.69, 9.17) is 33.0 Å². The Bertz CT molecular complexity index is 918. The molecule has 1 saturated heterocycles. The lowest BCUT2D eigenvalue weighted by Gasteiger charge is -2.26. The minimum Gasteiger partial charge on any atom is -0.495 e. The Hall–Kier alpha value is -2.57. The maximum Gasteiger partial charge on any atom is 0.174 e. The topological polar surface area (TPSA) is 50.5 Å². The molecular weight excluding hydrogens is 370 g/mol. The van der Waals surface area contributed by atoms with Gasteiger partial charge in [-0.2, -0.15) is 0 Å². The van der Waals surface area contributed by atoms with Crippen molar-refractivity contribution in [3.8, 4) is 5.75 Å². The fraction of sp³-hybridized carbons (Fsp3) is 0.158. The highest BCUT2D eigenvalue weighted by Gasteiger charge is 2.42. The molecule has 5 nitrogen and oxygen atoms in total. The maximum atomic E-state index is 6.33. The molecule has 3 heterocycles. The highest BCUT2D eigenvalue weighted by molar-refractivity contribution is 7.80. The van der Waals surface area contributed by atoms with Crippen LogP contribution in [0.15, 0.2) is 65.4 Å². The van der Waals surface area contributed by atoms with Gasteiger partial charge in [0.2, 0.25) is 0 Å². The Morgan fingerprint density at radius 2 is 2.12 bits per heavy atom. The van der Waals surface area contributed by atoms with Gasteiger partial charge in [0, 0.05) is 11.9 Å². The number of hydrogen-bond acceptors (Lipinski definition) is 4. The van der Waals surface area contributed by atoms with Crippen LogP contribution >= 0.6 is 23.8 Å². The molecular formula is C19H16ClN3O2S. The van der Waals surface area contributed by atoms with Gasteiger partial charge in [-0.25, -0.2) is 0 Å². The maximum absolute atomic E-state index is 6.33. The first kappa shape index (κ1) is 16.9. The third kappa shape index (κ3) is 2.91. The van der Waals surface area contributed by atoms with Crippen LogP contribution in [0, 0.1) is 0 Å². The van der Waals surface area contributed by atoms with E-state index in [-0.39, 0.29) is 12.1 Å². The number of rotatable bonds is 4. The van der Waals surface area contributed by atoms with Crippen molar-refractivity contribution in [1.29, 1.82) is 0 Å². The van der Waals surface area contributed by atoms with Crippen LogP contribution in [0.1, 0.15) is 23.5 Å². The summed E-state index contributed by atoms with van der Waals surface area (Å²) in [6.07, 6.45) is 3.43. The fourth-order valence-corrected chi connectivity index (χ4v) is 3.78. The molecule has 0 amide bonds. The van der Waals surface area contributed by atoms with Crippen LogP contribution < -0.4 is 15.0 Å². The quantitative estimate of drug-likeness (QED) is 0.667. The van der Waals surface area contributed by atoms with Crippen LogP contribution in [-0.2, 0) is 0 Å². The first-order chi connectivity index (χ1) is 12.7. The standard InChI is InChI=1S/C19H16ClN3O2S/c1-24-15-8-7-12(11-13(15)20)23-18(16-6-4-10-25-16)17(22-19(23)26)14-5-2-3-9-21-14/h2-11,17-18H,1H3,(H,22,26)/t17-,18-/m1/s1. The normalized spacial score (nSPS) is 19.5. The van der Waals surface area contributed by atoms with Gasteiger partial charge >= 0.3 is 0 Å². The number of aromatic nitrogens is 1. The number of pyridine rings is 1. The molecule has 1 N–H and O–H groups in total. The average Bonchev–Trinajstić information content (AvgIpc) is 3.30. The van der Waals surface area contributed by atoms with Crippen LogP contribution in [0.2, 0.25) is 5.02 Å². The second-order valence-electron chi connectivity index (χ2n) is 5.83. The highest BCUT2D eigenvalue weighted by Crippen LogP contribution is 2.42. The molecule has 0 aliphatic carbocycles. The molecule has 3 aromatic rings. The number of thiocarbonyl (C=S) groups is 1. The summed E-state index contributed by atoms with van der Waals surface area (Å²) >= 11 is 12.0. The van der Waals surface area contributed by atoms with Crippen LogP contribution in [0.25, 0.3) is 0 Å². The predicted molar refractivity (Wildman–Crippen MR) is 105 cm³/mol. The second kappa shape index (κ2) is 6.97. The Morgan fingerprint density at radius 1 is 1.23 bits per heavy atom. The Kier molecular flexibility index (Phi) is 4.53. The summed E-state index contributed by atoms with van der Waals surface area (Å²) in [4.78, 5) is 6.49. The van der Waals surface area contributed by atoms with Gasteiger partial charge in [-0.05, 0) is 54.7 Å². The molecule has 26 heavy (non-hydrogen) atoms. The molecule has 2 aromatic heterocycles. The number of halogens is 1. The van der Waals surface area contributed by atoms with E-state index < -0.39 is 0 Å². The lowest BCUT2D eigenvalue weighted by atomic mass is 10.0. The highest BCUT2D eigenvalue weighted by atomic mass is 35.5. The number of nitrogens with zero attached hydrogens (tertiary/aromatic N) is 2. The molecule has 0 radical (unpaired) electrons. The van der Waals surface area contributed by atoms with Crippen LogP contribution in [0.5, 0.6) is 5.75 Å². The van der Waals surface area contributed by atoms with Gasteiger partial charge in [0.05, 0.1) is 30.1 Å². The Morgan fingerprint density at radius 3 is 2.77 bits per heavy atom. The minimum absolute atomic E-state index is 0.143. The van der Waals surface area contributed by atoms with E-state index in [1.165, 1.54) is 0 Å². The smallest absolute Gasteiger partial charge is 0.174 e. The third-order valence-electron chi connectivity index (χ3n) is 4.35. The zero-order valence-corrected chi connectivity index (χ0v) is 15.5. The summed E-state index contributed by atoms with van der Waals surface area (Å²) in [5, 5.41) is 4.47. The molecule has 1 aliphatic heterocycles. The average molecular weight is 386 g/mol. The lowest BCUT2D eigenvalue weighted by molar-refractivity contribution is 0.415. The van der Waals surface area contributed by atoms with E-state index >= 15 is 0 Å². The monoisotopic (exact) mass is 385 g/mol. The number of benzene rings is 1. The molecule has 2 atom stereocenters. The molecule has 132 valence electrons. The number of furan rings is 1. The SMILES string of the molecule is COc1ccc(N2C(=S)N[C@H](c3ccccn3)[C@H]2c2ccco2)cc1Cl. The Balaban J connectivity index is 1.80. The minimum atomic E-state index is -0.183. The molecule has 0 saturated carbocycles. The molecule has 1 aromatic carbocycles. The largest absolute Gasteiger partial charge is 0.495 e. The van der Waals surface area contributed by atoms with E-state index in [9.17, 15) is 0 Å². The fourth-order valence-electron chi connectivity index (χ4n) is 3.19. The van der Waals surface area contributed by atoms with E-state index in [1.807, 2.05) is 53.4 Å². The van der Waals surface area contributed by atoms with Crippen LogP contribution in [0.3, 0.4) is 0 Å². The van der Waals surface area contributed by atoms with Crippen molar-refractivity contribution < 1.29 is 9.15 Å². The van der Waals surface area contributed by atoms with E-state index in [1.54, 1.807) is 19.6 Å². The van der Waals surface area contributed by atoms with Gasteiger partial charge in [-0.3, -0.25) is 4.98 Å². The third-order valence-corrected chi connectivity index (χ3v) is 4.96. The first-order valence-corrected chi connectivity index (χ1v) is 8.85. The van der Waals surface area contributed by atoms with Gasteiger partial charge in [-0.15, -0.1) is 0 Å². The van der Waals surface area contributed by atoms with Gasteiger partial charge in [0.15, 0.2) is 5.11 Å². The lowest BCUT2D eigenvalue weighted by Crippen LogP contribution is -2.29. The zero-order valence-electron chi connectivity index (χ0n) is 13.9. The summed E-state index contributed by atoms with van der Waals surface area (Å²) in [5.74, 6) is 1.41. The van der Waals surface area contributed by atoms with E-state index in [2.05, 4.69) is 10.3 Å². The first-order valence-electron chi connectivity index (χ1n) is 8.06. The molecule has 7 heteroatoms. The number of hydrogen-bond donors (Lipinski definition) is 1. The zero-order chi connectivity index (χ0) is 18.1. The molecule has 1 aliphatic rings. The second-order valence-corrected chi connectivity index (χ2v) is 6.62. The van der Waals surface area contributed by atoms with Crippen molar-refractivity contribution >= 4 is 34.6 Å². The molecule has 4 rings (SSSR count). The van der Waals surface area contributed by atoms with Crippen molar-refractivity contribution in [2.24, 2.45) is 0 Å². The van der Waals surface area contributed by atoms with Gasteiger partial charge in [-0.1, -0.05) is 17.7 Å². The Labute approximate surface area is 161 Å². The summed E-state index contributed by atoms with van der Waals surface area (Å²) in [6, 6.07) is 14.9. The summed E-state index contributed by atoms with van der Waals surface area (Å²) in [5.41, 5.74) is 1.74. The molecule has 0 spiro atoms. The van der Waals surface area contributed by atoms with Crippen molar-refractivity contribution in [2.75, 3.05) is 12.0 Å². The van der Waals surface area contributed by atoms with Crippen LogP contribution in [0.4, 0.5) is 5.69 Å². The van der Waals surface area contributed by atoms with Crippen molar-refractivity contribution in [1.82, 2.24) is 10.3 Å². The predicted octanol–water partition coefficient (Wildman–Crippen LogP) is 4.51. The van der Waals surface area contributed by atoms with Gasteiger partial charge in [0.25, 0.3) is 0 Å².